The Hall–Kier alpha value is -1.13. The molecule has 0 amide bonds. The lowest BCUT2D eigenvalue weighted by molar-refractivity contribution is 0.108. The van der Waals surface area contributed by atoms with Crippen LogP contribution in [0.15, 0.2) is 12.1 Å². The highest BCUT2D eigenvalue weighted by Gasteiger charge is 2.02. The molecule has 4 heteroatoms. The number of aryl methyl sites for hydroxylation is 1. The van der Waals surface area contributed by atoms with Crippen LogP contribution in [0.1, 0.15) is 32.0 Å². The molecular weight excluding hydrogens is 228 g/mol. The van der Waals surface area contributed by atoms with Crippen molar-refractivity contribution in [3.63, 3.8) is 0 Å². The van der Waals surface area contributed by atoms with Crippen molar-refractivity contribution in [2.45, 2.75) is 40.3 Å². The van der Waals surface area contributed by atoms with Crippen LogP contribution in [0.25, 0.3) is 0 Å². The zero-order chi connectivity index (χ0) is 13.4. The smallest absolute Gasteiger partial charge is 0.213 e. The fourth-order valence-corrected chi connectivity index (χ4v) is 1.55. The maximum Gasteiger partial charge on any atom is 0.213 e. The van der Waals surface area contributed by atoms with Gasteiger partial charge in [0.2, 0.25) is 5.88 Å². The molecule has 4 nitrogen and oxygen atoms in total. The molecule has 0 atom stereocenters. The maximum absolute atomic E-state index is 5.57. The van der Waals surface area contributed by atoms with Gasteiger partial charge in [0.05, 0.1) is 6.61 Å². The van der Waals surface area contributed by atoms with E-state index < -0.39 is 0 Å². The van der Waals surface area contributed by atoms with Crippen molar-refractivity contribution >= 4 is 0 Å². The van der Waals surface area contributed by atoms with Gasteiger partial charge in [-0.3, -0.25) is 0 Å². The quantitative estimate of drug-likeness (QED) is 0.721. The Morgan fingerprint density at radius 3 is 2.72 bits per heavy atom. The van der Waals surface area contributed by atoms with Gasteiger partial charge in [-0.1, -0.05) is 13.8 Å². The van der Waals surface area contributed by atoms with Crippen molar-refractivity contribution in [1.82, 2.24) is 10.3 Å². The van der Waals surface area contributed by atoms with Crippen LogP contribution in [0.4, 0.5) is 0 Å². The predicted molar refractivity (Wildman–Crippen MR) is 72.9 cm³/mol. The van der Waals surface area contributed by atoms with Gasteiger partial charge in [-0.2, -0.15) is 0 Å². The third-order valence-electron chi connectivity index (χ3n) is 2.39. The highest BCUT2D eigenvalue weighted by atomic mass is 16.5. The molecule has 0 bridgehead atoms. The van der Waals surface area contributed by atoms with E-state index in [0.29, 0.717) is 31.7 Å². The van der Waals surface area contributed by atoms with Gasteiger partial charge >= 0.3 is 0 Å². The van der Waals surface area contributed by atoms with Crippen molar-refractivity contribution in [1.29, 1.82) is 0 Å². The van der Waals surface area contributed by atoms with E-state index in [4.69, 9.17) is 9.47 Å². The Morgan fingerprint density at radius 2 is 2.06 bits per heavy atom. The Morgan fingerprint density at radius 1 is 1.28 bits per heavy atom. The molecule has 1 heterocycles. The van der Waals surface area contributed by atoms with Gasteiger partial charge in [-0.25, -0.2) is 4.98 Å². The summed E-state index contributed by atoms with van der Waals surface area (Å²) in [7, 11) is 0. The predicted octanol–water partition coefficient (Wildman–Crippen LogP) is 2.30. The number of aromatic nitrogens is 1. The first-order chi connectivity index (χ1) is 8.61. The molecule has 1 aromatic heterocycles. The van der Waals surface area contributed by atoms with Crippen LogP contribution in [0.3, 0.4) is 0 Å². The summed E-state index contributed by atoms with van der Waals surface area (Å²) >= 11 is 0. The van der Waals surface area contributed by atoms with Crippen LogP contribution >= 0.6 is 0 Å². The Labute approximate surface area is 110 Å². The van der Waals surface area contributed by atoms with Crippen LogP contribution < -0.4 is 10.1 Å². The average Bonchev–Trinajstić information content (AvgIpc) is 2.32. The van der Waals surface area contributed by atoms with Crippen LogP contribution in [-0.4, -0.2) is 30.8 Å². The first-order valence-electron chi connectivity index (χ1n) is 6.53. The summed E-state index contributed by atoms with van der Waals surface area (Å²) in [6, 6.07) is 4.53. The summed E-state index contributed by atoms with van der Waals surface area (Å²) in [5.74, 6) is 0.676. The van der Waals surface area contributed by atoms with Crippen LogP contribution in [0.2, 0.25) is 0 Å². The second-order valence-electron chi connectivity index (χ2n) is 4.54. The lowest BCUT2D eigenvalue weighted by Crippen LogP contribution is -2.22. The van der Waals surface area contributed by atoms with E-state index in [1.807, 2.05) is 19.9 Å². The normalized spacial score (nSPS) is 10.9. The molecule has 0 fully saturated rings. The van der Waals surface area contributed by atoms with E-state index >= 15 is 0 Å². The van der Waals surface area contributed by atoms with Crippen molar-refractivity contribution in [2.75, 3.05) is 19.8 Å². The molecule has 1 aromatic rings. The lowest BCUT2D eigenvalue weighted by Gasteiger charge is -2.11. The minimum Gasteiger partial charge on any atom is -0.475 e. The second-order valence-corrected chi connectivity index (χ2v) is 4.54. The van der Waals surface area contributed by atoms with Gasteiger partial charge in [0.15, 0.2) is 0 Å². The van der Waals surface area contributed by atoms with E-state index in [2.05, 4.69) is 30.2 Å². The molecule has 0 aliphatic carbocycles. The molecule has 18 heavy (non-hydrogen) atoms. The Balaban J connectivity index is 2.51. The average molecular weight is 252 g/mol. The van der Waals surface area contributed by atoms with Crippen LogP contribution in [0, 0.1) is 6.92 Å². The fraction of sp³-hybridized carbons (Fsp3) is 0.643. The summed E-state index contributed by atoms with van der Waals surface area (Å²) in [5, 5.41) is 3.38. The number of pyridine rings is 1. The molecule has 0 saturated heterocycles. The van der Waals surface area contributed by atoms with Crippen molar-refractivity contribution in [3.05, 3.63) is 23.4 Å². The van der Waals surface area contributed by atoms with E-state index in [9.17, 15) is 0 Å². The number of hydrogen-bond donors (Lipinski definition) is 1. The van der Waals surface area contributed by atoms with Gasteiger partial charge < -0.3 is 14.8 Å². The molecule has 0 aliphatic heterocycles. The highest BCUT2D eigenvalue weighted by Crippen LogP contribution is 2.12. The number of ether oxygens (including phenoxy) is 2. The second kappa shape index (κ2) is 8.06. The molecule has 0 spiro atoms. The highest BCUT2D eigenvalue weighted by molar-refractivity contribution is 5.24. The van der Waals surface area contributed by atoms with Gasteiger partial charge in [0, 0.05) is 31.0 Å². The minimum absolute atomic E-state index is 0.473. The SMILES string of the molecule is CCOCCOc1cc(CNC(C)C)cc(C)n1. The molecule has 102 valence electrons. The molecule has 1 rings (SSSR count). The minimum atomic E-state index is 0.473. The molecule has 1 N–H and O–H groups in total. The number of nitrogens with zero attached hydrogens (tertiary/aromatic N) is 1. The van der Waals surface area contributed by atoms with Gasteiger partial charge in [0.1, 0.15) is 6.61 Å². The Kier molecular flexibility index (Phi) is 6.68. The molecule has 0 aliphatic rings. The Bertz CT molecular complexity index is 354. The molecule has 0 aromatic carbocycles. The summed E-state index contributed by atoms with van der Waals surface area (Å²) in [6.45, 7) is 10.9. The molecular formula is C14H24N2O2. The zero-order valence-corrected chi connectivity index (χ0v) is 11.8. The topological polar surface area (TPSA) is 43.4 Å². The largest absolute Gasteiger partial charge is 0.475 e. The maximum atomic E-state index is 5.57. The summed E-state index contributed by atoms with van der Waals surface area (Å²) in [4.78, 5) is 4.35. The van der Waals surface area contributed by atoms with Crippen LogP contribution in [-0.2, 0) is 11.3 Å². The zero-order valence-electron chi connectivity index (χ0n) is 11.8. The summed E-state index contributed by atoms with van der Waals surface area (Å²) in [5.41, 5.74) is 2.17. The van der Waals surface area contributed by atoms with E-state index in [0.717, 1.165) is 12.2 Å². The first kappa shape index (κ1) is 14.9. The van der Waals surface area contributed by atoms with Crippen LogP contribution in [0.5, 0.6) is 5.88 Å². The van der Waals surface area contributed by atoms with Gasteiger partial charge in [-0.15, -0.1) is 0 Å². The third-order valence-corrected chi connectivity index (χ3v) is 2.39. The lowest BCUT2D eigenvalue weighted by atomic mass is 10.2. The monoisotopic (exact) mass is 252 g/mol. The van der Waals surface area contributed by atoms with Crippen molar-refractivity contribution in [2.24, 2.45) is 0 Å². The fourth-order valence-electron chi connectivity index (χ4n) is 1.55. The molecule has 0 saturated carbocycles. The molecule has 0 unspecified atom stereocenters. The van der Waals surface area contributed by atoms with E-state index in [1.54, 1.807) is 0 Å². The third kappa shape index (κ3) is 5.98. The standard InChI is InChI=1S/C14H24N2O2/c1-5-17-6-7-18-14-9-13(8-12(4)16-14)10-15-11(2)3/h8-9,11,15H,5-7,10H2,1-4H3. The van der Waals surface area contributed by atoms with Crippen molar-refractivity contribution in [3.8, 4) is 5.88 Å². The summed E-state index contributed by atoms with van der Waals surface area (Å²) in [6.07, 6.45) is 0. The number of hydrogen-bond acceptors (Lipinski definition) is 4. The number of rotatable bonds is 8. The number of nitrogens with one attached hydrogen (secondary N) is 1. The van der Waals surface area contributed by atoms with Gasteiger partial charge in [-0.05, 0) is 25.5 Å². The van der Waals surface area contributed by atoms with E-state index in [1.165, 1.54) is 5.56 Å². The summed E-state index contributed by atoms with van der Waals surface area (Å²) < 4.78 is 10.8. The molecule has 0 radical (unpaired) electrons. The first-order valence-corrected chi connectivity index (χ1v) is 6.53. The van der Waals surface area contributed by atoms with Gasteiger partial charge in [0.25, 0.3) is 0 Å². The van der Waals surface area contributed by atoms with Crippen molar-refractivity contribution < 1.29 is 9.47 Å². The van der Waals surface area contributed by atoms with E-state index in [-0.39, 0.29) is 0 Å².